The zero-order valence-electron chi connectivity index (χ0n) is 14.4. The van der Waals surface area contributed by atoms with E-state index in [4.69, 9.17) is 10.8 Å². The average molecular weight is 395 g/mol. The lowest BCUT2D eigenvalue weighted by atomic mass is 10.0. The minimum atomic E-state index is -1.19. The molecular formula is C14H26N4O5S2. The van der Waals surface area contributed by atoms with E-state index in [9.17, 15) is 19.2 Å². The Balaban J connectivity index is 4.99. The Kier molecular flexibility index (Phi) is 10.6. The monoisotopic (exact) mass is 394 g/mol. The van der Waals surface area contributed by atoms with Gasteiger partial charge in [-0.2, -0.15) is 25.3 Å². The highest BCUT2D eigenvalue weighted by molar-refractivity contribution is 7.80. The Bertz CT molecular complexity index is 504. The first-order chi connectivity index (χ1) is 11.5. The van der Waals surface area contributed by atoms with Crippen LogP contribution in [0.3, 0.4) is 0 Å². The third kappa shape index (κ3) is 7.97. The molecule has 3 amide bonds. The van der Waals surface area contributed by atoms with Crippen LogP contribution in [0.4, 0.5) is 0 Å². The van der Waals surface area contributed by atoms with E-state index >= 15 is 0 Å². The number of carbonyl (C=O) groups excluding carboxylic acids is 3. The van der Waals surface area contributed by atoms with E-state index in [1.165, 1.54) is 6.92 Å². The Labute approximate surface area is 157 Å². The van der Waals surface area contributed by atoms with Crippen LogP contribution in [0.2, 0.25) is 0 Å². The molecule has 0 spiro atoms. The molecule has 144 valence electrons. The summed E-state index contributed by atoms with van der Waals surface area (Å²) in [5.74, 6) is -3.20. The molecular weight excluding hydrogens is 368 g/mol. The van der Waals surface area contributed by atoms with Crippen molar-refractivity contribution in [3.63, 3.8) is 0 Å². The number of amides is 3. The summed E-state index contributed by atoms with van der Waals surface area (Å²) in [5.41, 5.74) is 5.54. The highest BCUT2D eigenvalue weighted by Gasteiger charge is 2.30. The zero-order chi connectivity index (χ0) is 19.7. The summed E-state index contributed by atoms with van der Waals surface area (Å²) in [5, 5.41) is 16.1. The number of aliphatic carboxylic acids is 1. The second-order valence-corrected chi connectivity index (χ2v) is 6.56. The molecule has 0 aliphatic carbocycles. The molecule has 4 unspecified atom stereocenters. The summed E-state index contributed by atoms with van der Waals surface area (Å²) in [6.07, 6.45) is 0. The fraction of sp³-hybridized carbons (Fsp3) is 0.714. The fourth-order valence-corrected chi connectivity index (χ4v) is 2.13. The molecule has 0 fully saturated rings. The normalized spacial score (nSPS) is 15.6. The molecule has 11 heteroatoms. The molecule has 0 radical (unpaired) electrons. The summed E-state index contributed by atoms with van der Waals surface area (Å²) >= 11 is 7.93. The molecule has 6 N–H and O–H groups in total. The van der Waals surface area contributed by atoms with Crippen molar-refractivity contribution in [2.24, 2.45) is 11.7 Å². The fourth-order valence-electron chi connectivity index (χ4n) is 1.71. The van der Waals surface area contributed by atoms with Gasteiger partial charge in [0.05, 0.1) is 6.04 Å². The third-order valence-electron chi connectivity index (χ3n) is 3.33. The van der Waals surface area contributed by atoms with Crippen molar-refractivity contribution < 1.29 is 24.3 Å². The van der Waals surface area contributed by atoms with Gasteiger partial charge in [-0.05, 0) is 12.8 Å². The average Bonchev–Trinajstić information content (AvgIpc) is 2.55. The molecule has 0 bridgehead atoms. The molecule has 4 atom stereocenters. The van der Waals surface area contributed by atoms with Gasteiger partial charge in [-0.3, -0.25) is 19.2 Å². The van der Waals surface area contributed by atoms with Crippen molar-refractivity contribution in [2.45, 2.75) is 44.9 Å². The Morgan fingerprint density at radius 3 is 1.88 bits per heavy atom. The SMILES string of the molecule is CC(NC(=O)C(NC(=O)C(CS)NC(=O)C(N)CS)C(C)C)C(=O)O. The van der Waals surface area contributed by atoms with Crippen molar-refractivity contribution >= 4 is 48.9 Å². The van der Waals surface area contributed by atoms with Crippen LogP contribution in [0.5, 0.6) is 0 Å². The van der Waals surface area contributed by atoms with E-state index in [1.807, 2.05) is 0 Å². The molecule has 25 heavy (non-hydrogen) atoms. The molecule has 0 saturated carbocycles. The van der Waals surface area contributed by atoms with Crippen LogP contribution >= 0.6 is 25.3 Å². The van der Waals surface area contributed by atoms with Gasteiger partial charge < -0.3 is 26.8 Å². The molecule has 0 saturated heterocycles. The number of thiol groups is 2. The van der Waals surface area contributed by atoms with Crippen molar-refractivity contribution in [1.82, 2.24) is 16.0 Å². The van der Waals surface area contributed by atoms with E-state index in [0.717, 1.165) is 0 Å². The van der Waals surface area contributed by atoms with E-state index in [-0.39, 0.29) is 17.4 Å². The van der Waals surface area contributed by atoms with Gasteiger partial charge in [-0.1, -0.05) is 13.8 Å². The predicted molar refractivity (Wildman–Crippen MR) is 99.6 cm³/mol. The third-order valence-corrected chi connectivity index (χ3v) is 4.08. The zero-order valence-corrected chi connectivity index (χ0v) is 16.1. The standard InChI is InChI=1S/C14H26N4O5S2/c1-6(2)10(13(21)16-7(3)14(22)23)18-12(20)9(5-25)17-11(19)8(15)4-24/h6-10,24-25H,4-5,15H2,1-3H3,(H,16,21)(H,17,19)(H,18,20)(H,22,23). The number of carboxylic acids is 1. The van der Waals surface area contributed by atoms with Crippen LogP contribution in [0.1, 0.15) is 20.8 Å². The molecule has 0 aliphatic rings. The van der Waals surface area contributed by atoms with Crippen LogP contribution < -0.4 is 21.7 Å². The molecule has 0 aromatic heterocycles. The van der Waals surface area contributed by atoms with Gasteiger partial charge in [0.15, 0.2) is 0 Å². The van der Waals surface area contributed by atoms with Crippen LogP contribution in [-0.2, 0) is 19.2 Å². The highest BCUT2D eigenvalue weighted by atomic mass is 32.1. The minimum Gasteiger partial charge on any atom is -0.480 e. The number of nitrogens with two attached hydrogens (primary N) is 1. The van der Waals surface area contributed by atoms with Crippen molar-refractivity contribution in [2.75, 3.05) is 11.5 Å². The number of rotatable bonds is 10. The van der Waals surface area contributed by atoms with Crippen LogP contribution in [0, 0.1) is 5.92 Å². The Morgan fingerprint density at radius 1 is 0.920 bits per heavy atom. The molecule has 0 aromatic rings. The topological polar surface area (TPSA) is 151 Å². The number of nitrogens with one attached hydrogen (secondary N) is 3. The summed E-state index contributed by atoms with van der Waals surface area (Å²) in [6.45, 7) is 4.71. The van der Waals surface area contributed by atoms with Gasteiger partial charge in [0.1, 0.15) is 18.1 Å². The van der Waals surface area contributed by atoms with Gasteiger partial charge in [0.2, 0.25) is 17.7 Å². The van der Waals surface area contributed by atoms with Gasteiger partial charge in [-0.25, -0.2) is 0 Å². The first-order valence-electron chi connectivity index (χ1n) is 7.66. The predicted octanol–water partition coefficient (Wildman–Crippen LogP) is -1.61. The molecule has 0 heterocycles. The van der Waals surface area contributed by atoms with Gasteiger partial charge >= 0.3 is 5.97 Å². The largest absolute Gasteiger partial charge is 0.480 e. The van der Waals surface area contributed by atoms with Crippen molar-refractivity contribution in [3.8, 4) is 0 Å². The van der Waals surface area contributed by atoms with Crippen molar-refractivity contribution in [1.29, 1.82) is 0 Å². The maximum atomic E-state index is 12.3. The number of hydrogen-bond donors (Lipinski definition) is 7. The number of carboxylic acid groups (broad SMARTS) is 1. The van der Waals surface area contributed by atoms with E-state index in [2.05, 4.69) is 41.2 Å². The van der Waals surface area contributed by atoms with E-state index in [0.29, 0.717) is 0 Å². The summed E-state index contributed by atoms with van der Waals surface area (Å²) < 4.78 is 0. The molecule has 9 nitrogen and oxygen atoms in total. The number of carbonyl (C=O) groups is 4. The lowest BCUT2D eigenvalue weighted by Gasteiger charge is -2.25. The maximum Gasteiger partial charge on any atom is 0.325 e. The smallest absolute Gasteiger partial charge is 0.325 e. The second kappa shape index (κ2) is 11.2. The van der Waals surface area contributed by atoms with Crippen LogP contribution in [-0.4, -0.2) is 64.5 Å². The Morgan fingerprint density at radius 2 is 1.48 bits per heavy atom. The van der Waals surface area contributed by atoms with E-state index < -0.39 is 47.9 Å². The van der Waals surface area contributed by atoms with Gasteiger partial charge in [0.25, 0.3) is 0 Å². The van der Waals surface area contributed by atoms with Crippen LogP contribution in [0.15, 0.2) is 0 Å². The first kappa shape index (κ1) is 23.5. The summed E-state index contributed by atoms with van der Waals surface area (Å²) in [4.78, 5) is 47.1. The quantitative estimate of drug-likeness (QED) is 0.222. The lowest BCUT2D eigenvalue weighted by molar-refractivity contribution is -0.142. The lowest BCUT2D eigenvalue weighted by Crippen LogP contribution is -2.58. The van der Waals surface area contributed by atoms with Crippen LogP contribution in [0.25, 0.3) is 0 Å². The molecule has 0 aliphatic heterocycles. The maximum absolute atomic E-state index is 12.3. The Hall–Kier alpha value is -1.46. The highest BCUT2D eigenvalue weighted by Crippen LogP contribution is 2.04. The summed E-state index contributed by atoms with van der Waals surface area (Å²) in [6, 6.07) is -3.93. The summed E-state index contributed by atoms with van der Waals surface area (Å²) in [7, 11) is 0. The molecule has 0 rings (SSSR count). The second-order valence-electron chi connectivity index (χ2n) is 5.83. The number of hydrogen-bond acceptors (Lipinski definition) is 7. The van der Waals surface area contributed by atoms with Gasteiger partial charge in [-0.15, -0.1) is 0 Å². The molecule has 0 aromatic carbocycles. The van der Waals surface area contributed by atoms with Gasteiger partial charge in [0, 0.05) is 11.5 Å². The van der Waals surface area contributed by atoms with E-state index in [1.54, 1.807) is 13.8 Å². The first-order valence-corrected chi connectivity index (χ1v) is 8.92. The van der Waals surface area contributed by atoms with Crippen molar-refractivity contribution in [3.05, 3.63) is 0 Å². The minimum absolute atomic E-state index is 0.00513.